The fourth-order valence-electron chi connectivity index (χ4n) is 13.6. The van der Waals surface area contributed by atoms with Crippen LogP contribution in [0.4, 0.5) is 0 Å². The molecule has 0 rings (SSSR count). The Morgan fingerprint density at radius 2 is 0.434 bits per heavy atom. The van der Waals surface area contributed by atoms with Gasteiger partial charge in [0.1, 0.15) is 19.3 Å². The number of rotatable bonds is 86. The predicted molar refractivity (Wildman–Crippen MR) is 437 cm³/mol. The maximum atomic E-state index is 13.2. The second-order valence-electron chi connectivity index (χ2n) is 32.2. The average molecular weight is 1550 g/mol. The molecular weight excluding hydrogens is 1380 g/mol. The third-order valence-electron chi connectivity index (χ3n) is 20.5. The standard InChI is InChI=1S/C87H170O17P2/c1-7-9-11-13-15-17-19-21-23-25-27-29-31-33-35-37-39-46-53-59-65-71-86(91)103-82(75-97-84(89)69-63-57-51-45-38-36-34-32-30-28-26-24-22-20-18-16-14-12-10-8-2)77-101-105(93,94)99-73-81(88)74-100-106(95,96)102-78-83(76-98-85(90)70-64-58-52-48-42-44-50-56-62-68-80(5)6)104-87(92)72-66-60-54-47-41-40-43-49-55-61-67-79(3)4/h79-83,88H,7-78H2,1-6H3,(H,93,94)(H,95,96)/t81-,82-,83-/m1/s1. The second kappa shape index (κ2) is 78.3. The molecule has 2 unspecified atom stereocenters. The fourth-order valence-corrected chi connectivity index (χ4v) is 15.2. The first-order valence-corrected chi connectivity index (χ1v) is 48.0. The molecule has 0 radical (unpaired) electrons. The molecule has 0 saturated carbocycles. The summed E-state index contributed by atoms with van der Waals surface area (Å²) in [5, 5.41) is 10.7. The van der Waals surface area contributed by atoms with Gasteiger partial charge in [-0.2, -0.15) is 0 Å². The molecule has 0 aliphatic heterocycles. The molecule has 0 aromatic heterocycles. The van der Waals surface area contributed by atoms with Crippen molar-refractivity contribution in [2.75, 3.05) is 39.6 Å². The van der Waals surface area contributed by atoms with Crippen molar-refractivity contribution in [1.29, 1.82) is 0 Å². The van der Waals surface area contributed by atoms with E-state index in [4.69, 9.17) is 37.0 Å². The van der Waals surface area contributed by atoms with Gasteiger partial charge in [-0.15, -0.1) is 0 Å². The van der Waals surface area contributed by atoms with Crippen LogP contribution in [0.15, 0.2) is 0 Å². The lowest BCUT2D eigenvalue weighted by Gasteiger charge is -2.21. The van der Waals surface area contributed by atoms with Crippen molar-refractivity contribution < 1.29 is 80.2 Å². The highest BCUT2D eigenvalue weighted by Gasteiger charge is 2.30. The van der Waals surface area contributed by atoms with Crippen molar-refractivity contribution >= 4 is 39.5 Å². The van der Waals surface area contributed by atoms with E-state index in [1.54, 1.807) is 0 Å². The van der Waals surface area contributed by atoms with Gasteiger partial charge >= 0.3 is 39.5 Å². The molecule has 0 fully saturated rings. The molecular formula is C87H170O17P2. The molecule has 0 saturated heterocycles. The molecule has 106 heavy (non-hydrogen) atoms. The van der Waals surface area contributed by atoms with E-state index < -0.39 is 97.5 Å². The van der Waals surface area contributed by atoms with Gasteiger partial charge < -0.3 is 33.8 Å². The molecule has 19 heteroatoms. The van der Waals surface area contributed by atoms with Gasteiger partial charge in [0.2, 0.25) is 0 Å². The topological polar surface area (TPSA) is 237 Å². The summed E-state index contributed by atoms with van der Waals surface area (Å²) in [6, 6.07) is 0. The minimum atomic E-state index is -4.97. The number of phosphoric acid groups is 2. The number of ether oxygens (including phenoxy) is 4. The molecule has 17 nitrogen and oxygen atoms in total. The first kappa shape index (κ1) is 104. The molecule has 0 aromatic carbocycles. The summed E-state index contributed by atoms with van der Waals surface area (Å²) < 4.78 is 68.9. The molecule has 0 spiro atoms. The van der Waals surface area contributed by atoms with Crippen LogP contribution in [0.2, 0.25) is 0 Å². The van der Waals surface area contributed by atoms with Crippen LogP contribution < -0.4 is 0 Å². The maximum absolute atomic E-state index is 13.2. The van der Waals surface area contributed by atoms with Crippen molar-refractivity contribution in [3.63, 3.8) is 0 Å². The van der Waals surface area contributed by atoms with E-state index in [0.29, 0.717) is 25.7 Å². The Labute approximate surface area is 651 Å². The smallest absolute Gasteiger partial charge is 0.462 e. The highest BCUT2D eigenvalue weighted by atomic mass is 31.2. The Bertz CT molecular complexity index is 2030. The van der Waals surface area contributed by atoms with Crippen LogP contribution in [0.1, 0.15) is 465 Å². The number of phosphoric ester groups is 2. The summed E-state index contributed by atoms with van der Waals surface area (Å²) in [6.45, 7) is 9.64. The number of unbranched alkanes of at least 4 members (excludes halogenated alkanes) is 56. The molecule has 0 aliphatic rings. The lowest BCUT2D eigenvalue weighted by molar-refractivity contribution is -0.161. The zero-order chi connectivity index (χ0) is 77.8. The minimum Gasteiger partial charge on any atom is -0.462 e. The van der Waals surface area contributed by atoms with E-state index in [9.17, 15) is 43.2 Å². The number of hydrogen-bond acceptors (Lipinski definition) is 15. The van der Waals surface area contributed by atoms with E-state index in [0.717, 1.165) is 102 Å². The molecule has 0 bridgehead atoms. The van der Waals surface area contributed by atoms with Crippen LogP contribution in [0.5, 0.6) is 0 Å². The summed E-state index contributed by atoms with van der Waals surface area (Å²) in [6.07, 6.45) is 71.0. The van der Waals surface area contributed by atoms with Gasteiger partial charge in [0.15, 0.2) is 12.2 Å². The third-order valence-corrected chi connectivity index (χ3v) is 22.4. The Morgan fingerprint density at radius 3 is 0.642 bits per heavy atom. The number of aliphatic hydroxyl groups excluding tert-OH is 1. The maximum Gasteiger partial charge on any atom is 0.472 e. The summed E-state index contributed by atoms with van der Waals surface area (Å²) in [4.78, 5) is 73.2. The lowest BCUT2D eigenvalue weighted by Crippen LogP contribution is -2.30. The van der Waals surface area contributed by atoms with Gasteiger partial charge in [-0.05, 0) is 37.5 Å². The van der Waals surface area contributed by atoms with E-state index in [2.05, 4.69) is 41.5 Å². The highest BCUT2D eigenvalue weighted by Crippen LogP contribution is 2.45. The number of carbonyl (C=O) groups is 4. The Morgan fingerprint density at radius 1 is 0.255 bits per heavy atom. The van der Waals surface area contributed by atoms with Crippen molar-refractivity contribution in [3.8, 4) is 0 Å². The molecule has 5 atom stereocenters. The van der Waals surface area contributed by atoms with Crippen LogP contribution in [0, 0.1) is 11.8 Å². The molecule has 3 N–H and O–H groups in total. The number of hydrogen-bond donors (Lipinski definition) is 3. The van der Waals surface area contributed by atoms with Gasteiger partial charge in [0.05, 0.1) is 26.4 Å². The first-order valence-electron chi connectivity index (χ1n) is 45.0. The van der Waals surface area contributed by atoms with Gasteiger partial charge in [0, 0.05) is 25.7 Å². The van der Waals surface area contributed by atoms with Crippen LogP contribution in [0.3, 0.4) is 0 Å². The zero-order valence-electron chi connectivity index (χ0n) is 69.7. The second-order valence-corrected chi connectivity index (χ2v) is 35.1. The van der Waals surface area contributed by atoms with Crippen LogP contribution in [0.25, 0.3) is 0 Å². The van der Waals surface area contributed by atoms with Crippen LogP contribution in [-0.2, 0) is 65.4 Å². The van der Waals surface area contributed by atoms with Crippen molar-refractivity contribution in [1.82, 2.24) is 0 Å². The average Bonchev–Trinajstić information content (AvgIpc) is 0.910. The summed E-state index contributed by atoms with van der Waals surface area (Å²) in [7, 11) is -9.93. The van der Waals surface area contributed by atoms with Crippen molar-refractivity contribution in [2.24, 2.45) is 11.8 Å². The zero-order valence-corrected chi connectivity index (χ0v) is 71.5. The number of carbonyl (C=O) groups excluding carboxylic acids is 4. The number of esters is 4. The fraction of sp³-hybridized carbons (Fsp3) is 0.954. The normalized spacial score (nSPS) is 13.8. The number of aliphatic hydroxyl groups is 1. The highest BCUT2D eigenvalue weighted by molar-refractivity contribution is 7.47. The SMILES string of the molecule is CCCCCCCCCCCCCCCCCCCCCCCC(=O)O[C@H](COC(=O)CCCCCCCCCCCCCCCCCCCCCC)COP(=O)(O)OC[C@@H](O)COP(=O)(O)OC[C@@H](COC(=O)CCCCCCCCCCCC(C)C)OC(=O)CCCCCCCCCCCCC(C)C. The Balaban J connectivity index is 5.23. The third kappa shape index (κ3) is 80.1. The van der Waals surface area contributed by atoms with Crippen LogP contribution in [-0.4, -0.2) is 96.7 Å². The van der Waals surface area contributed by atoms with Gasteiger partial charge in [0.25, 0.3) is 0 Å². The Hall–Kier alpha value is -1.94. The largest absolute Gasteiger partial charge is 0.472 e. The summed E-state index contributed by atoms with van der Waals surface area (Å²) >= 11 is 0. The van der Waals surface area contributed by atoms with E-state index in [-0.39, 0.29) is 25.7 Å². The van der Waals surface area contributed by atoms with Crippen molar-refractivity contribution in [2.45, 2.75) is 484 Å². The van der Waals surface area contributed by atoms with Gasteiger partial charge in [-0.1, -0.05) is 414 Å². The quantitative estimate of drug-likeness (QED) is 0.0222. The van der Waals surface area contributed by atoms with E-state index in [1.807, 2.05) is 0 Å². The minimum absolute atomic E-state index is 0.106. The first-order chi connectivity index (χ1) is 51.4. The molecule has 0 aromatic rings. The van der Waals surface area contributed by atoms with Gasteiger partial charge in [-0.3, -0.25) is 37.3 Å². The van der Waals surface area contributed by atoms with Crippen molar-refractivity contribution in [3.05, 3.63) is 0 Å². The molecule has 0 amide bonds. The predicted octanol–water partition coefficient (Wildman–Crippen LogP) is 26.6. The van der Waals surface area contributed by atoms with Gasteiger partial charge in [-0.25, -0.2) is 9.13 Å². The Kier molecular flexibility index (Phi) is 76.9. The molecule has 0 heterocycles. The molecule has 0 aliphatic carbocycles. The summed E-state index contributed by atoms with van der Waals surface area (Å²) in [5.74, 6) is -0.607. The molecule has 630 valence electrons. The lowest BCUT2D eigenvalue weighted by atomic mass is 10.0. The van der Waals surface area contributed by atoms with Crippen LogP contribution >= 0.6 is 15.6 Å². The van der Waals surface area contributed by atoms with E-state index in [1.165, 1.54) is 283 Å². The van der Waals surface area contributed by atoms with E-state index >= 15 is 0 Å². The summed E-state index contributed by atoms with van der Waals surface area (Å²) in [5.41, 5.74) is 0. The monoisotopic (exact) mass is 1550 g/mol.